The van der Waals surface area contributed by atoms with Crippen LogP contribution in [0, 0.1) is 12.3 Å². The Morgan fingerprint density at radius 1 is 1.42 bits per heavy atom. The molecular weight excluding hydrogens is 326 g/mol. The summed E-state index contributed by atoms with van der Waals surface area (Å²) < 4.78 is 0. The zero-order valence-corrected chi connectivity index (χ0v) is 15.2. The summed E-state index contributed by atoms with van der Waals surface area (Å²) in [5, 5.41) is 2.87. The van der Waals surface area contributed by atoms with Crippen LogP contribution in [0.3, 0.4) is 0 Å². The number of hydrogen-bond donors (Lipinski definition) is 1. The Kier molecular flexibility index (Phi) is 7.91. The average Bonchev–Trinajstić information content (AvgIpc) is 2.65. The van der Waals surface area contributed by atoms with E-state index in [0.717, 1.165) is 25.9 Å². The van der Waals surface area contributed by atoms with Crippen LogP contribution < -0.4 is 5.32 Å². The molecule has 2 amide bonds. The maximum Gasteiger partial charge on any atom is 0.237 e. The van der Waals surface area contributed by atoms with Crippen molar-refractivity contribution in [3.8, 4) is 12.3 Å². The van der Waals surface area contributed by atoms with Gasteiger partial charge in [-0.25, -0.2) is 0 Å². The number of piperazine rings is 1. The summed E-state index contributed by atoms with van der Waals surface area (Å²) in [6.45, 7) is 6.45. The predicted molar refractivity (Wildman–Crippen MR) is 103 cm³/mol. The Labute approximate surface area is 156 Å². The first-order valence-corrected chi connectivity index (χ1v) is 9.03. The summed E-state index contributed by atoms with van der Waals surface area (Å²) >= 11 is 0. The van der Waals surface area contributed by atoms with E-state index in [9.17, 15) is 9.59 Å². The van der Waals surface area contributed by atoms with Crippen molar-refractivity contribution in [3.05, 3.63) is 48.6 Å². The van der Waals surface area contributed by atoms with Gasteiger partial charge in [0.25, 0.3) is 0 Å². The number of rotatable bonds is 9. The third-order valence-corrected chi connectivity index (χ3v) is 4.55. The van der Waals surface area contributed by atoms with Crippen LogP contribution in [-0.2, 0) is 16.0 Å². The van der Waals surface area contributed by atoms with Crippen molar-refractivity contribution in [1.82, 2.24) is 15.1 Å². The molecule has 0 saturated carbocycles. The Bertz CT molecular complexity index is 651. The molecule has 2 rings (SSSR count). The van der Waals surface area contributed by atoms with Gasteiger partial charge in [-0.15, -0.1) is 13.0 Å². The largest absolute Gasteiger partial charge is 0.353 e. The van der Waals surface area contributed by atoms with E-state index in [2.05, 4.69) is 34.8 Å². The van der Waals surface area contributed by atoms with Crippen molar-refractivity contribution in [1.29, 1.82) is 0 Å². The number of hydrogen-bond acceptors (Lipinski definition) is 3. The fraction of sp³-hybridized carbons (Fsp3) is 0.429. The minimum Gasteiger partial charge on any atom is -0.353 e. The minimum absolute atomic E-state index is 0.0800. The highest BCUT2D eigenvalue weighted by atomic mass is 16.2. The molecule has 0 bridgehead atoms. The van der Waals surface area contributed by atoms with Crippen LogP contribution in [0.5, 0.6) is 0 Å². The van der Waals surface area contributed by atoms with Crippen LogP contribution in [0.15, 0.2) is 43.0 Å². The summed E-state index contributed by atoms with van der Waals surface area (Å²) in [5.74, 6) is 2.30. The van der Waals surface area contributed by atoms with Crippen molar-refractivity contribution in [2.75, 3.05) is 32.7 Å². The topological polar surface area (TPSA) is 52.7 Å². The zero-order valence-electron chi connectivity index (χ0n) is 15.2. The van der Waals surface area contributed by atoms with Gasteiger partial charge in [0, 0.05) is 19.6 Å². The number of benzene rings is 1. The van der Waals surface area contributed by atoms with Crippen molar-refractivity contribution >= 4 is 11.8 Å². The molecule has 138 valence electrons. The molecule has 1 aromatic rings. The standard InChI is InChI=1S/C21H27N3O2/c1-3-13-24(14-4-2)20(25)17-19-21(26)22-12-16-23(19)15-8-11-18-9-6-5-7-10-18/h1,4-7,9-10,19H,2,8,11-17H2,(H,22,26). The minimum atomic E-state index is -0.433. The second-order valence-electron chi connectivity index (χ2n) is 6.40. The molecule has 1 aliphatic rings. The first-order chi connectivity index (χ1) is 12.7. The highest BCUT2D eigenvalue weighted by Gasteiger charge is 2.32. The van der Waals surface area contributed by atoms with Crippen LogP contribution in [-0.4, -0.2) is 60.4 Å². The number of aryl methyl sites for hydroxylation is 1. The van der Waals surface area contributed by atoms with Crippen LogP contribution >= 0.6 is 0 Å². The van der Waals surface area contributed by atoms with Crippen molar-refractivity contribution in [2.45, 2.75) is 25.3 Å². The Hall–Kier alpha value is -2.58. The molecule has 0 aromatic heterocycles. The lowest BCUT2D eigenvalue weighted by atomic mass is 10.1. The van der Waals surface area contributed by atoms with Crippen LogP contribution in [0.2, 0.25) is 0 Å². The summed E-state index contributed by atoms with van der Waals surface area (Å²) in [4.78, 5) is 28.5. The molecule has 1 unspecified atom stereocenters. The fourth-order valence-corrected chi connectivity index (χ4v) is 3.20. The lowest BCUT2D eigenvalue weighted by molar-refractivity contribution is -0.138. The molecule has 26 heavy (non-hydrogen) atoms. The lowest BCUT2D eigenvalue weighted by Crippen LogP contribution is -2.56. The summed E-state index contributed by atoms with van der Waals surface area (Å²) in [7, 11) is 0. The SMILES string of the molecule is C#CCN(CC=C)C(=O)CC1C(=O)NCCN1CCCc1ccccc1. The maximum absolute atomic E-state index is 12.6. The van der Waals surface area contributed by atoms with Crippen LogP contribution in [0.1, 0.15) is 18.4 Å². The molecule has 0 radical (unpaired) electrons. The number of nitrogens with one attached hydrogen (secondary N) is 1. The third-order valence-electron chi connectivity index (χ3n) is 4.55. The molecule has 1 heterocycles. The van der Waals surface area contributed by atoms with E-state index in [1.165, 1.54) is 5.56 Å². The first-order valence-electron chi connectivity index (χ1n) is 9.03. The van der Waals surface area contributed by atoms with Gasteiger partial charge in [0.15, 0.2) is 0 Å². The number of nitrogens with zero attached hydrogens (tertiary/aromatic N) is 2. The average molecular weight is 353 g/mol. The van der Waals surface area contributed by atoms with E-state index in [1.54, 1.807) is 11.0 Å². The van der Waals surface area contributed by atoms with Gasteiger partial charge in [0.05, 0.1) is 19.0 Å². The van der Waals surface area contributed by atoms with Crippen molar-refractivity contribution < 1.29 is 9.59 Å². The normalized spacial score (nSPS) is 17.2. The maximum atomic E-state index is 12.6. The third kappa shape index (κ3) is 5.75. The molecule has 1 aliphatic heterocycles. The van der Waals surface area contributed by atoms with E-state index in [4.69, 9.17) is 6.42 Å². The van der Waals surface area contributed by atoms with Gasteiger partial charge in [-0.05, 0) is 24.9 Å². The van der Waals surface area contributed by atoms with Gasteiger partial charge >= 0.3 is 0 Å². The quantitative estimate of drug-likeness (QED) is 0.540. The van der Waals surface area contributed by atoms with Gasteiger partial charge in [0.2, 0.25) is 11.8 Å². The molecule has 1 N–H and O–H groups in total. The number of amides is 2. The second-order valence-corrected chi connectivity index (χ2v) is 6.40. The lowest BCUT2D eigenvalue weighted by Gasteiger charge is -2.35. The molecule has 1 saturated heterocycles. The predicted octanol–water partition coefficient (Wildman–Crippen LogP) is 1.46. The molecular formula is C21H27N3O2. The number of carbonyl (C=O) groups is 2. The van der Waals surface area contributed by atoms with Gasteiger partial charge < -0.3 is 10.2 Å². The van der Waals surface area contributed by atoms with E-state index in [1.807, 2.05) is 18.2 Å². The smallest absolute Gasteiger partial charge is 0.237 e. The number of terminal acetylenes is 1. The van der Waals surface area contributed by atoms with E-state index >= 15 is 0 Å². The Morgan fingerprint density at radius 3 is 2.88 bits per heavy atom. The molecule has 5 heteroatoms. The first kappa shape index (κ1) is 19.7. The Balaban J connectivity index is 1.94. The molecule has 1 fully saturated rings. The number of carbonyl (C=O) groups excluding carboxylic acids is 2. The molecule has 5 nitrogen and oxygen atoms in total. The van der Waals surface area contributed by atoms with Gasteiger partial charge in [0.1, 0.15) is 0 Å². The molecule has 0 spiro atoms. The molecule has 1 aromatic carbocycles. The fourth-order valence-electron chi connectivity index (χ4n) is 3.20. The van der Waals surface area contributed by atoms with Crippen LogP contribution in [0.4, 0.5) is 0 Å². The highest BCUT2D eigenvalue weighted by molar-refractivity contribution is 5.89. The molecule has 0 aliphatic carbocycles. The highest BCUT2D eigenvalue weighted by Crippen LogP contribution is 2.13. The Morgan fingerprint density at radius 2 is 2.19 bits per heavy atom. The van der Waals surface area contributed by atoms with Gasteiger partial charge in [-0.2, -0.15) is 0 Å². The summed E-state index contributed by atoms with van der Waals surface area (Å²) in [5.41, 5.74) is 1.28. The van der Waals surface area contributed by atoms with Crippen molar-refractivity contribution in [3.63, 3.8) is 0 Å². The molecule has 1 atom stereocenters. The van der Waals surface area contributed by atoms with Crippen LogP contribution in [0.25, 0.3) is 0 Å². The summed E-state index contributed by atoms with van der Waals surface area (Å²) in [6.07, 6.45) is 9.04. The monoisotopic (exact) mass is 353 g/mol. The summed E-state index contributed by atoms with van der Waals surface area (Å²) in [6, 6.07) is 9.85. The van der Waals surface area contributed by atoms with Crippen molar-refractivity contribution in [2.24, 2.45) is 0 Å². The van der Waals surface area contributed by atoms with E-state index in [0.29, 0.717) is 13.1 Å². The van der Waals surface area contributed by atoms with E-state index in [-0.39, 0.29) is 24.8 Å². The van der Waals surface area contributed by atoms with Gasteiger partial charge in [-0.3, -0.25) is 14.5 Å². The zero-order chi connectivity index (χ0) is 18.8. The van der Waals surface area contributed by atoms with Gasteiger partial charge in [-0.1, -0.05) is 42.3 Å². The van der Waals surface area contributed by atoms with E-state index < -0.39 is 6.04 Å². The second kappa shape index (κ2) is 10.4.